The molecule has 1 atom stereocenters. The maximum atomic E-state index is 12.0. The van der Waals surface area contributed by atoms with Crippen LogP contribution in [0.2, 0.25) is 0 Å². The number of amides is 1. The molecule has 0 saturated carbocycles. The molecule has 0 unspecified atom stereocenters. The molecule has 112 valence electrons. The summed E-state index contributed by atoms with van der Waals surface area (Å²) in [7, 11) is 1.49. The van der Waals surface area contributed by atoms with E-state index in [4.69, 9.17) is 9.26 Å². The van der Waals surface area contributed by atoms with E-state index in [2.05, 4.69) is 10.5 Å². The molecule has 0 saturated heterocycles. The number of ether oxygens (including phenoxy) is 1. The first-order valence-electron chi connectivity index (χ1n) is 6.53. The zero-order valence-electron chi connectivity index (χ0n) is 12.0. The summed E-state index contributed by atoms with van der Waals surface area (Å²) in [6.45, 7) is 1.77. The minimum atomic E-state index is -1.13. The van der Waals surface area contributed by atoms with Crippen LogP contribution in [-0.4, -0.2) is 42.0 Å². The molecule has 6 nitrogen and oxygen atoms in total. The largest absolute Gasteiger partial charge is 0.386 e. The van der Waals surface area contributed by atoms with E-state index in [1.807, 2.05) is 30.3 Å². The molecule has 0 spiro atoms. The van der Waals surface area contributed by atoms with Crippen molar-refractivity contribution < 1.29 is 19.2 Å². The summed E-state index contributed by atoms with van der Waals surface area (Å²) in [6.07, 6.45) is 0. The monoisotopic (exact) mass is 290 g/mol. The lowest BCUT2D eigenvalue weighted by atomic mass is 10.1. The number of aliphatic hydroxyl groups is 1. The molecule has 1 aromatic carbocycles. The number of nitrogens with one attached hydrogen (secondary N) is 1. The molecule has 0 fully saturated rings. The van der Waals surface area contributed by atoms with Gasteiger partial charge in [0.15, 0.2) is 11.5 Å². The maximum absolute atomic E-state index is 12.0. The van der Waals surface area contributed by atoms with Gasteiger partial charge in [-0.15, -0.1) is 0 Å². The second-order valence-corrected chi connectivity index (χ2v) is 5.06. The Morgan fingerprint density at radius 1 is 1.43 bits per heavy atom. The predicted molar refractivity (Wildman–Crippen MR) is 76.8 cm³/mol. The van der Waals surface area contributed by atoms with Crippen molar-refractivity contribution in [3.63, 3.8) is 0 Å². The van der Waals surface area contributed by atoms with Gasteiger partial charge in [0.25, 0.3) is 5.91 Å². The molecule has 6 heteroatoms. The number of aromatic nitrogens is 1. The smallest absolute Gasteiger partial charge is 0.273 e. The number of hydrogen-bond donors (Lipinski definition) is 2. The number of carbonyl (C=O) groups excluding carboxylic acids is 1. The number of hydrogen-bond acceptors (Lipinski definition) is 5. The van der Waals surface area contributed by atoms with Crippen molar-refractivity contribution in [2.45, 2.75) is 12.5 Å². The standard InChI is InChI=1S/C15H18N2O4/c1-15(19,10-20-2)9-16-14(18)12-8-13(21-17-12)11-6-4-3-5-7-11/h3-8,19H,9-10H2,1-2H3,(H,16,18)/t15-/m0/s1. The average Bonchev–Trinajstić information content (AvgIpc) is 2.96. The minimum absolute atomic E-state index is 0.0627. The van der Waals surface area contributed by atoms with Crippen LogP contribution in [0.4, 0.5) is 0 Å². The van der Waals surface area contributed by atoms with Gasteiger partial charge in [0.05, 0.1) is 6.61 Å². The molecule has 0 aliphatic heterocycles. The van der Waals surface area contributed by atoms with E-state index in [-0.39, 0.29) is 18.8 Å². The Labute approximate surface area is 122 Å². The normalized spacial score (nSPS) is 13.7. The Morgan fingerprint density at radius 3 is 2.81 bits per heavy atom. The fourth-order valence-corrected chi connectivity index (χ4v) is 1.84. The summed E-state index contributed by atoms with van der Waals surface area (Å²) >= 11 is 0. The summed E-state index contributed by atoms with van der Waals surface area (Å²) in [5.74, 6) is 0.113. The van der Waals surface area contributed by atoms with E-state index in [1.54, 1.807) is 13.0 Å². The van der Waals surface area contributed by atoms with Crippen molar-refractivity contribution >= 4 is 5.91 Å². The highest BCUT2D eigenvalue weighted by molar-refractivity contribution is 5.93. The molecule has 1 heterocycles. The molecular formula is C15H18N2O4. The molecule has 2 rings (SSSR count). The highest BCUT2D eigenvalue weighted by atomic mass is 16.5. The number of methoxy groups -OCH3 is 1. The molecule has 1 aromatic heterocycles. The van der Waals surface area contributed by atoms with Crippen LogP contribution < -0.4 is 5.32 Å². The van der Waals surface area contributed by atoms with Gasteiger partial charge in [0, 0.05) is 25.3 Å². The molecular weight excluding hydrogens is 272 g/mol. The Bertz CT molecular complexity index is 593. The number of rotatable bonds is 6. The Morgan fingerprint density at radius 2 is 2.14 bits per heavy atom. The zero-order valence-corrected chi connectivity index (χ0v) is 12.0. The van der Waals surface area contributed by atoms with Gasteiger partial charge in [0.1, 0.15) is 5.60 Å². The van der Waals surface area contributed by atoms with Crippen molar-refractivity contribution in [2.75, 3.05) is 20.3 Å². The van der Waals surface area contributed by atoms with Gasteiger partial charge < -0.3 is 19.7 Å². The number of benzene rings is 1. The van der Waals surface area contributed by atoms with Gasteiger partial charge in [-0.05, 0) is 6.92 Å². The van der Waals surface area contributed by atoms with E-state index in [1.165, 1.54) is 7.11 Å². The molecule has 21 heavy (non-hydrogen) atoms. The summed E-state index contributed by atoms with van der Waals surface area (Å²) < 4.78 is 10.0. The van der Waals surface area contributed by atoms with Gasteiger partial charge in [-0.25, -0.2) is 0 Å². The first-order chi connectivity index (χ1) is 10.0. The van der Waals surface area contributed by atoms with E-state index in [0.717, 1.165) is 5.56 Å². The van der Waals surface area contributed by atoms with Gasteiger partial charge in [-0.1, -0.05) is 35.5 Å². The third-order valence-electron chi connectivity index (χ3n) is 2.89. The van der Waals surface area contributed by atoms with E-state index < -0.39 is 11.5 Å². The van der Waals surface area contributed by atoms with Crippen molar-refractivity contribution in [3.05, 3.63) is 42.1 Å². The summed E-state index contributed by atoms with van der Waals surface area (Å²) in [4.78, 5) is 12.0. The Balaban J connectivity index is 2.00. The fraction of sp³-hybridized carbons (Fsp3) is 0.333. The van der Waals surface area contributed by atoms with Crippen molar-refractivity contribution in [3.8, 4) is 11.3 Å². The molecule has 2 aromatic rings. The van der Waals surface area contributed by atoms with Crippen LogP contribution in [-0.2, 0) is 4.74 Å². The van der Waals surface area contributed by atoms with E-state index in [0.29, 0.717) is 5.76 Å². The second-order valence-electron chi connectivity index (χ2n) is 5.06. The van der Waals surface area contributed by atoms with Crippen LogP contribution in [0.3, 0.4) is 0 Å². The van der Waals surface area contributed by atoms with Gasteiger partial charge in [-0.3, -0.25) is 4.79 Å². The topological polar surface area (TPSA) is 84.6 Å². The summed E-state index contributed by atoms with van der Waals surface area (Å²) in [5.41, 5.74) is -0.117. The van der Waals surface area contributed by atoms with Crippen LogP contribution >= 0.6 is 0 Å². The number of carbonyl (C=O) groups is 1. The minimum Gasteiger partial charge on any atom is -0.386 e. The van der Waals surface area contributed by atoms with Crippen LogP contribution in [0.25, 0.3) is 11.3 Å². The lowest BCUT2D eigenvalue weighted by molar-refractivity contribution is -0.0147. The predicted octanol–water partition coefficient (Wildman–Crippen LogP) is 1.47. The zero-order chi connectivity index (χ0) is 15.3. The Kier molecular flexibility index (Phi) is 4.72. The summed E-state index contributed by atoms with van der Waals surface area (Å²) in [6, 6.07) is 10.9. The van der Waals surface area contributed by atoms with Crippen molar-refractivity contribution in [2.24, 2.45) is 0 Å². The fourth-order valence-electron chi connectivity index (χ4n) is 1.84. The van der Waals surface area contributed by atoms with Crippen LogP contribution in [0, 0.1) is 0 Å². The van der Waals surface area contributed by atoms with Gasteiger partial charge in [-0.2, -0.15) is 0 Å². The first kappa shape index (κ1) is 15.2. The molecule has 0 bridgehead atoms. The molecule has 2 N–H and O–H groups in total. The highest BCUT2D eigenvalue weighted by Gasteiger charge is 2.22. The lowest BCUT2D eigenvalue weighted by Crippen LogP contribution is -2.43. The third kappa shape index (κ3) is 4.14. The van der Waals surface area contributed by atoms with Crippen molar-refractivity contribution in [1.29, 1.82) is 0 Å². The second kappa shape index (κ2) is 6.51. The average molecular weight is 290 g/mol. The van der Waals surface area contributed by atoms with Crippen LogP contribution in [0.5, 0.6) is 0 Å². The molecule has 0 radical (unpaired) electrons. The van der Waals surface area contributed by atoms with Gasteiger partial charge >= 0.3 is 0 Å². The Hall–Kier alpha value is -2.18. The lowest BCUT2D eigenvalue weighted by Gasteiger charge is -2.22. The molecule has 0 aliphatic rings. The quantitative estimate of drug-likeness (QED) is 0.841. The van der Waals surface area contributed by atoms with Crippen LogP contribution in [0.1, 0.15) is 17.4 Å². The number of nitrogens with zero attached hydrogens (tertiary/aromatic N) is 1. The molecule has 1 amide bonds. The summed E-state index contributed by atoms with van der Waals surface area (Å²) in [5, 5.41) is 16.2. The van der Waals surface area contributed by atoms with Crippen LogP contribution in [0.15, 0.2) is 40.9 Å². The SMILES string of the molecule is COC[C@@](C)(O)CNC(=O)c1cc(-c2ccccc2)on1. The van der Waals surface area contributed by atoms with E-state index in [9.17, 15) is 9.90 Å². The van der Waals surface area contributed by atoms with Gasteiger partial charge in [0.2, 0.25) is 0 Å². The van der Waals surface area contributed by atoms with E-state index >= 15 is 0 Å². The van der Waals surface area contributed by atoms with Crippen molar-refractivity contribution in [1.82, 2.24) is 10.5 Å². The third-order valence-corrected chi connectivity index (χ3v) is 2.89. The first-order valence-corrected chi connectivity index (χ1v) is 6.53. The highest BCUT2D eigenvalue weighted by Crippen LogP contribution is 2.19. The molecule has 0 aliphatic carbocycles. The maximum Gasteiger partial charge on any atom is 0.273 e.